The molecule has 112 valence electrons. The number of benzene rings is 1. The Balaban J connectivity index is 1.87. The molecule has 0 bridgehead atoms. The highest BCUT2D eigenvalue weighted by atomic mass is 16.5. The van der Waals surface area contributed by atoms with Crippen LogP contribution in [0.1, 0.15) is 29.5 Å². The first-order valence-electron chi connectivity index (χ1n) is 7.70. The molecule has 0 amide bonds. The molecule has 3 heteroatoms. The average Bonchev–Trinajstić information content (AvgIpc) is 2.81. The van der Waals surface area contributed by atoms with Gasteiger partial charge in [0.15, 0.2) is 0 Å². The molecule has 1 atom stereocenters. The average molecular weight is 276 g/mol. The summed E-state index contributed by atoms with van der Waals surface area (Å²) in [5.41, 5.74) is 4.19. The maximum atomic E-state index is 5.08. The molecule has 0 saturated carbocycles. The van der Waals surface area contributed by atoms with E-state index in [1.54, 1.807) is 7.11 Å². The minimum absolute atomic E-state index is 0.674. The van der Waals surface area contributed by atoms with Crippen LogP contribution in [0.2, 0.25) is 0 Å². The van der Waals surface area contributed by atoms with Crippen LogP contribution in [0.15, 0.2) is 18.2 Å². The maximum Gasteiger partial charge on any atom is 0.0587 e. The summed E-state index contributed by atoms with van der Waals surface area (Å²) in [6, 6.07) is 7.56. The number of hydrogen-bond acceptors (Lipinski definition) is 3. The van der Waals surface area contributed by atoms with Crippen LogP contribution < -0.4 is 5.32 Å². The van der Waals surface area contributed by atoms with Crippen molar-refractivity contribution in [1.82, 2.24) is 10.2 Å². The van der Waals surface area contributed by atoms with Crippen LogP contribution in [0.5, 0.6) is 0 Å². The van der Waals surface area contributed by atoms with Crippen molar-refractivity contribution in [3.63, 3.8) is 0 Å². The summed E-state index contributed by atoms with van der Waals surface area (Å²) in [5, 5.41) is 3.50. The van der Waals surface area contributed by atoms with Crippen molar-refractivity contribution in [2.24, 2.45) is 0 Å². The van der Waals surface area contributed by atoms with E-state index in [9.17, 15) is 0 Å². The molecule has 1 aromatic rings. The molecule has 0 spiro atoms. The molecule has 1 N–H and O–H groups in total. The zero-order valence-corrected chi connectivity index (χ0v) is 13.1. The number of nitrogens with zero attached hydrogens (tertiary/aromatic N) is 1. The first-order chi connectivity index (χ1) is 9.69. The molecule has 3 nitrogen and oxygen atoms in total. The minimum atomic E-state index is 0.674. The first-order valence-corrected chi connectivity index (χ1v) is 7.70. The summed E-state index contributed by atoms with van der Waals surface area (Å²) < 4.78 is 5.08. The Morgan fingerprint density at radius 3 is 2.70 bits per heavy atom. The molecule has 0 aliphatic carbocycles. The normalized spacial score (nSPS) is 19.6. The van der Waals surface area contributed by atoms with Gasteiger partial charge in [-0.15, -0.1) is 0 Å². The third kappa shape index (κ3) is 4.58. The van der Waals surface area contributed by atoms with Gasteiger partial charge in [-0.1, -0.05) is 29.3 Å². The van der Waals surface area contributed by atoms with Crippen LogP contribution in [0, 0.1) is 13.8 Å². The van der Waals surface area contributed by atoms with Gasteiger partial charge in [-0.3, -0.25) is 4.90 Å². The lowest BCUT2D eigenvalue weighted by atomic mass is 10.1. The number of rotatable bonds is 7. The van der Waals surface area contributed by atoms with E-state index in [0.717, 1.165) is 26.2 Å². The number of nitrogens with one attached hydrogen (secondary N) is 1. The zero-order chi connectivity index (χ0) is 14.4. The first kappa shape index (κ1) is 15.5. The van der Waals surface area contributed by atoms with Gasteiger partial charge in [-0.2, -0.15) is 0 Å². The molecule has 2 rings (SSSR count). The number of hydrogen-bond donors (Lipinski definition) is 1. The largest absolute Gasteiger partial charge is 0.383 e. The molecule has 20 heavy (non-hydrogen) atoms. The quantitative estimate of drug-likeness (QED) is 0.775. The molecule has 0 aromatic heterocycles. The molecule has 1 aliphatic heterocycles. The fourth-order valence-corrected chi connectivity index (χ4v) is 3.17. The van der Waals surface area contributed by atoms with Gasteiger partial charge in [-0.05, 0) is 38.8 Å². The highest BCUT2D eigenvalue weighted by Gasteiger charge is 2.23. The Labute approximate surface area is 123 Å². The molecule has 1 fully saturated rings. The van der Waals surface area contributed by atoms with Gasteiger partial charge in [0.1, 0.15) is 0 Å². The van der Waals surface area contributed by atoms with Gasteiger partial charge in [-0.25, -0.2) is 0 Å². The lowest BCUT2D eigenvalue weighted by Crippen LogP contribution is -2.38. The van der Waals surface area contributed by atoms with E-state index in [1.807, 2.05) is 0 Å². The zero-order valence-electron chi connectivity index (χ0n) is 13.1. The minimum Gasteiger partial charge on any atom is -0.383 e. The Morgan fingerprint density at radius 2 is 2.00 bits per heavy atom. The molecular weight excluding hydrogens is 248 g/mol. The van der Waals surface area contributed by atoms with Gasteiger partial charge >= 0.3 is 0 Å². The molecule has 1 aliphatic rings. The van der Waals surface area contributed by atoms with Crippen LogP contribution in [-0.2, 0) is 11.3 Å². The Kier molecular flexibility index (Phi) is 6.02. The molecular formula is C17H28N2O. The third-order valence-electron chi connectivity index (χ3n) is 4.03. The van der Waals surface area contributed by atoms with E-state index in [0.29, 0.717) is 6.04 Å². The lowest BCUT2D eigenvalue weighted by Gasteiger charge is -2.25. The fraction of sp³-hybridized carbons (Fsp3) is 0.647. The molecule has 1 saturated heterocycles. The van der Waals surface area contributed by atoms with Gasteiger partial charge in [0, 0.05) is 32.8 Å². The molecule has 1 aromatic carbocycles. The Bertz CT molecular complexity index is 399. The monoisotopic (exact) mass is 276 g/mol. The van der Waals surface area contributed by atoms with Crippen molar-refractivity contribution in [2.75, 3.05) is 33.4 Å². The van der Waals surface area contributed by atoms with Crippen LogP contribution in [0.3, 0.4) is 0 Å². The smallest absolute Gasteiger partial charge is 0.0587 e. The van der Waals surface area contributed by atoms with Crippen molar-refractivity contribution in [1.29, 1.82) is 0 Å². The number of likely N-dealkylation sites (tertiary alicyclic amines) is 1. The van der Waals surface area contributed by atoms with Crippen LogP contribution in [0.25, 0.3) is 0 Å². The van der Waals surface area contributed by atoms with Crippen molar-refractivity contribution in [2.45, 2.75) is 39.3 Å². The SMILES string of the molecule is COCCNCC1CCCN1Cc1cc(C)cc(C)c1. The van der Waals surface area contributed by atoms with E-state index in [-0.39, 0.29) is 0 Å². The second-order valence-corrected chi connectivity index (χ2v) is 5.96. The Hall–Kier alpha value is -0.900. The predicted octanol–water partition coefficient (Wildman–Crippen LogP) is 2.50. The summed E-state index contributed by atoms with van der Waals surface area (Å²) in [6.07, 6.45) is 2.63. The van der Waals surface area contributed by atoms with Gasteiger partial charge in [0.2, 0.25) is 0 Å². The number of ether oxygens (including phenoxy) is 1. The number of aryl methyl sites for hydroxylation is 2. The van der Waals surface area contributed by atoms with E-state index in [2.05, 4.69) is 42.3 Å². The van der Waals surface area contributed by atoms with Gasteiger partial charge in [0.25, 0.3) is 0 Å². The Morgan fingerprint density at radius 1 is 1.25 bits per heavy atom. The van der Waals surface area contributed by atoms with E-state index in [4.69, 9.17) is 4.74 Å². The van der Waals surface area contributed by atoms with Gasteiger partial charge < -0.3 is 10.1 Å². The second kappa shape index (κ2) is 7.77. The van der Waals surface area contributed by atoms with Crippen molar-refractivity contribution < 1.29 is 4.74 Å². The highest BCUT2D eigenvalue weighted by molar-refractivity contribution is 5.28. The van der Waals surface area contributed by atoms with Crippen molar-refractivity contribution >= 4 is 0 Å². The van der Waals surface area contributed by atoms with Crippen molar-refractivity contribution in [3.8, 4) is 0 Å². The summed E-state index contributed by atoms with van der Waals surface area (Å²) in [4.78, 5) is 2.62. The van der Waals surface area contributed by atoms with Crippen LogP contribution in [-0.4, -0.2) is 44.3 Å². The fourth-order valence-electron chi connectivity index (χ4n) is 3.17. The summed E-state index contributed by atoms with van der Waals surface area (Å²) in [7, 11) is 1.75. The maximum absolute atomic E-state index is 5.08. The predicted molar refractivity (Wildman–Crippen MR) is 84.1 cm³/mol. The summed E-state index contributed by atoms with van der Waals surface area (Å²) in [6.45, 7) is 9.50. The third-order valence-corrected chi connectivity index (χ3v) is 4.03. The van der Waals surface area contributed by atoms with Gasteiger partial charge in [0.05, 0.1) is 6.61 Å². The second-order valence-electron chi connectivity index (χ2n) is 5.96. The highest BCUT2D eigenvalue weighted by Crippen LogP contribution is 2.20. The molecule has 1 unspecified atom stereocenters. The lowest BCUT2D eigenvalue weighted by molar-refractivity contribution is 0.191. The summed E-state index contributed by atoms with van der Waals surface area (Å²) >= 11 is 0. The van der Waals surface area contributed by atoms with E-state index < -0.39 is 0 Å². The van der Waals surface area contributed by atoms with E-state index in [1.165, 1.54) is 36.1 Å². The van der Waals surface area contributed by atoms with Crippen LogP contribution >= 0.6 is 0 Å². The van der Waals surface area contributed by atoms with Crippen LogP contribution in [0.4, 0.5) is 0 Å². The number of methoxy groups -OCH3 is 1. The van der Waals surface area contributed by atoms with Crippen molar-refractivity contribution in [3.05, 3.63) is 34.9 Å². The standard InChI is InChI=1S/C17H28N2O/c1-14-9-15(2)11-16(10-14)13-19-7-4-5-17(19)12-18-6-8-20-3/h9-11,17-18H,4-8,12-13H2,1-3H3. The topological polar surface area (TPSA) is 24.5 Å². The summed E-state index contributed by atoms with van der Waals surface area (Å²) in [5.74, 6) is 0. The molecule has 1 heterocycles. The van der Waals surface area contributed by atoms with E-state index >= 15 is 0 Å². The molecule has 0 radical (unpaired) electrons.